The molecule has 0 unspecified atom stereocenters. The Kier molecular flexibility index (Phi) is 6.92. The van der Waals surface area contributed by atoms with Crippen LogP contribution in [0.2, 0.25) is 0 Å². The summed E-state index contributed by atoms with van der Waals surface area (Å²) in [6.07, 6.45) is 5.68. The second-order valence-electron chi connectivity index (χ2n) is 11.9. The van der Waals surface area contributed by atoms with Gasteiger partial charge in [-0.15, -0.1) is 0 Å². The predicted octanol–water partition coefficient (Wildman–Crippen LogP) is 5.67. The summed E-state index contributed by atoms with van der Waals surface area (Å²) in [6, 6.07) is 13.6. The summed E-state index contributed by atoms with van der Waals surface area (Å²) in [7, 11) is 1.54. The lowest BCUT2D eigenvalue weighted by molar-refractivity contribution is 0.0541. The molecule has 2 aromatic carbocycles. The summed E-state index contributed by atoms with van der Waals surface area (Å²) in [5.74, 6) is 1.34. The molecule has 1 amide bonds. The molecule has 0 bridgehead atoms. The second kappa shape index (κ2) is 10.6. The average Bonchev–Trinajstić information content (AvgIpc) is 3.59. The summed E-state index contributed by atoms with van der Waals surface area (Å²) < 4.78 is 15.5. The van der Waals surface area contributed by atoms with Crippen LogP contribution in [0.25, 0.3) is 33.5 Å². The van der Waals surface area contributed by atoms with Crippen molar-refractivity contribution in [3.63, 3.8) is 0 Å². The quantitative estimate of drug-likeness (QED) is 0.250. The molecule has 218 valence electrons. The number of aromatic nitrogens is 3. The zero-order valence-corrected chi connectivity index (χ0v) is 24.2. The second-order valence-corrected chi connectivity index (χ2v) is 11.9. The first kappa shape index (κ1) is 27.4. The number of carboxylic acids is 1. The number of nitrogens with one attached hydrogen (secondary N) is 2. The lowest BCUT2D eigenvalue weighted by atomic mass is 10.1. The summed E-state index contributed by atoms with van der Waals surface area (Å²) >= 11 is 0. The number of rotatable bonds is 8. The maximum atomic E-state index is 12.2. The van der Waals surface area contributed by atoms with Gasteiger partial charge in [0.15, 0.2) is 5.82 Å². The number of amides is 1. The zero-order chi connectivity index (χ0) is 29.6. The third kappa shape index (κ3) is 5.57. The van der Waals surface area contributed by atoms with E-state index in [1.165, 1.54) is 12.8 Å². The van der Waals surface area contributed by atoms with Gasteiger partial charge in [0.2, 0.25) is 0 Å². The van der Waals surface area contributed by atoms with E-state index in [4.69, 9.17) is 14.5 Å². The van der Waals surface area contributed by atoms with Crippen LogP contribution in [0.15, 0.2) is 66.0 Å². The van der Waals surface area contributed by atoms with Gasteiger partial charge in [-0.2, -0.15) is 0 Å². The Morgan fingerprint density at radius 2 is 1.90 bits per heavy atom. The molecular weight excluding hydrogens is 534 g/mol. The lowest BCUT2D eigenvalue weighted by Crippen LogP contribution is -2.38. The summed E-state index contributed by atoms with van der Waals surface area (Å²) in [5, 5.41) is 16.9. The SMILES string of the molecule is COc1cc(C(=O)O)cc2nc(-c3cc4ccccc4n3CC3CC3)n(CC3=CC=C(NC(=O)OC(C)(C)C)NC3)c12. The Bertz CT molecular complexity index is 1770. The van der Waals surface area contributed by atoms with E-state index >= 15 is 0 Å². The van der Waals surface area contributed by atoms with Crippen LogP contribution in [0.1, 0.15) is 44.0 Å². The molecule has 10 heteroatoms. The zero-order valence-electron chi connectivity index (χ0n) is 24.2. The number of hydrogen-bond acceptors (Lipinski definition) is 6. The molecule has 0 atom stereocenters. The van der Waals surface area contributed by atoms with Gasteiger partial charge in [-0.3, -0.25) is 5.32 Å². The van der Waals surface area contributed by atoms with Crippen molar-refractivity contribution in [2.24, 2.45) is 5.92 Å². The van der Waals surface area contributed by atoms with Crippen molar-refractivity contribution in [1.29, 1.82) is 0 Å². The molecule has 0 saturated heterocycles. The number of alkyl carbamates (subject to hydrolysis) is 1. The van der Waals surface area contributed by atoms with Crippen molar-refractivity contribution < 1.29 is 24.2 Å². The maximum absolute atomic E-state index is 12.2. The number of nitrogens with zero attached hydrogens (tertiary/aromatic N) is 3. The molecular formula is C32H35N5O5. The Labute approximate surface area is 243 Å². The lowest BCUT2D eigenvalue weighted by Gasteiger charge is -2.23. The number of carbonyl (C=O) groups excluding carboxylic acids is 1. The molecule has 4 aromatic rings. The molecule has 42 heavy (non-hydrogen) atoms. The Hall–Kier alpha value is -4.73. The van der Waals surface area contributed by atoms with Crippen molar-refractivity contribution in [2.45, 2.75) is 52.3 Å². The topological polar surface area (TPSA) is 120 Å². The fraction of sp³-hybridized carbons (Fsp3) is 0.344. The third-order valence-electron chi connectivity index (χ3n) is 7.44. The molecule has 3 heterocycles. The molecule has 1 aliphatic carbocycles. The largest absolute Gasteiger partial charge is 0.494 e. The van der Waals surface area contributed by atoms with Crippen LogP contribution in [0.5, 0.6) is 5.75 Å². The Morgan fingerprint density at radius 1 is 1.12 bits per heavy atom. The van der Waals surface area contributed by atoms with Crippen molar-refractivity contribution >= 4 is 34.0 Å². The molecule has 1 saturated carbocycles. The van der Waals surface area contributed by atoms with Crippen LogP contribution >= 0.6 is 0 Å². The van der Waals surface area contributed by atoms with Gasteiger partial charge in [0.25, 0.3) is 0 Å². The minimum atomic E-state index is -1.04. The van der Waals surface area contributed by atoms with E-state index in [2.05, 4.69) is 38.0 Å². The van der Waals surface area contributed by atoms with Crippen LogP contribution in [-0.2, 0) is 17.8 Å². The number of benzene rings is 2. The predicted molar refractivity (Wildman–Crippen MR) is 160 cm³/mol. The Morgan fingerprint density at radius 3 is 2.57 bits per heavy atom. The van der Waals surface area contributed by atoms with Crippen molar-refractivity contribution in [3.8, 4) is 17.3 Å². The summed E-state index contributed by atoms with van der Waals surface area (Å²) in [4.78, 5) is 29.2. The number of imidazole rings is 1. The normalized spacial score (nSPS) is 15.2. The van der Waals surface area contributed by atoms with Crippen LogP contribution in [-0.4, -0.2) is 50.5 Å². The molecule has 10 nitrogen and oxygen atoms in total. The molecule has 3 N–H and O–H groups in total. The van der Waals surface area contributed by atoms with Crippen molar-refractivity contribution in [3.05, 3.63) is 71.6 Å². The first-order chi connectivity index (χ1) is 20.1. The van der Waals surface area contributed by atoms with Gasteiger partial charge in [0.1, 0.15) is 22.7 Å². The highest BCUT2D eigenvalue weighted by Crippen LogP contribution is 2.38. The van der Waals surface area contributed by atoms with Crippen LogP contribution in [0, 0.1) is 5.92 Å². The molecule has 0 radical (unpaired) electrons. The van der Waals surface area contributed by atoms with Crippen LogP contribution in [0.4, 0.5) is 4.79 Å². The number of para-hydroxylation sites is 1. The van der Waals surface area contributed by atoms with E-state index in [0.717, 1.165) is 40.1 Å². The van der Waals surface area contributed by atoms with E-state index in [1.807, 2.05) is 45.1 Å². The van der Waals surface area contributed by atoms with Gasteiger partial charge in [0.05, 0.1) is 23.9 Å². The van der Waals surface area contributed by atoms with Gasteiger partial charge in [0, 0.05) is 30.5 Å². The van der Waals surface area contributed by atoms with Gasteiger partial charge in [-0.1, -0.05) is 24.3 Å². The number of dihydropyridines is 1. The van der Waals surface area contributed by atoms with Gasteiger partial charge >= 0.3 is 12.1 Å². The first-order valence-electron chi connectivity index (χ1n) is 14.1. The fourth-order valence-electron chi connectivity index (χ4n) is 5.35. The molecule has 1 aliphatic heterocycles. The van der Waals surface area contributed by atoms with E-state index in [0.29, 0.717) is 36.1 Å². The fourth-order valence-corrected chi connectivity index (χ4v) is 5.35. The molecule has 2 aliphatic rings. The van der Waals surface area contributed by atoms with E-state index in [9.17, 15) is 14.7 Å². The standard InChI is InChI=1S/C32H35N5O5/c1-32(2,3)42-31(40)35-27-12-11-20(16-33-27)18-37-28-23(13-22(30(38)39)15-26(28)41-4)34-29(37)25-14-21-7-5-6-8-24(21)36(25)17-19-9-10-19/h5-8,11-15,19,33H,9-10,16-18H2,1-4H3,(H,35,40)(H,38,39). The molecule has 0 spiro atoms. The van der Waals surface area contributed by atoms with E-state index in [1.54, 1.807) is 19.2 Å². The van der Waals surface area contributed by atoms with E-state index < -0.39 is 17.7 Å². The molecule has 1 fully saturated rings. The number of carbonyl (C=O) groups is 2. The monoisotopic (exact) mass is 569 g/mol. The highest BCUT2D eigenvalue weighted by atomic mass is 16.6. The van der Waals surface area contributed by atoms with Gasteiger partial charge in [-0.25, -0.2) is 14.6 Å². The van der Waals surface area contributed by atoms with Crippen molar-refractivity contribution in [2.75, 3.05) is 13.7 Å². The number of carboxylic acid groups (broad SMARTS) is 1. The highest BCUT2D eigenvalue weighted by Gasteiger charge is 2.27. The Balaban J connectivity index is 1.44. The number of ether oxygens (including phenoxy) is 2. The third-order valence-corrected chi connectivity index (χ3v) is 7.44. The molecule has 2 aromatic heterocycles. The molecule has 6 rings (SSSR count). The van der Waals surface area contributed by atoms with Crippen LogP contribution < -0.4 is 15.4 Å². The van der Waals surface area contributed by atoms with Gasteiger partial charge < -0.3 is 29.0 Å². The number of allylic oxidation sites excluding steroid dienone is 2. The minimum Gasteiger partial charge on any atom is -0.494 e. The average molecular weight is 570 g/mol. The van der Waals surface area contributed by atoms with Crippen LogP contribution in [0.3, 0.4) is 0 Å². The van der Waals surface area contributed by atoms with E-state index in [-0.39, 0.29) is 5.56 Å². The van der Waals surface area contributed by atoms with Gasteiger partial charge in [-0.05, 0) is 75.4 Å². The maximum Gasteiger partial charge on any atom is 0.413 e. The number of aromatic carboxylic acids is 1. The summed E-state index contributed by atoms with van der Waals surface area (Å²) in [6.45, 7) is 7.31. The number of methoxy groups -OCH3 is 1. The number of hydrogen-bond donors (Lipinski definition) is 3. The minimum absolute atomic E-state index is 0.119. The first-order valence-corrected chi connectivity index (χ1v) is 14.1. The smallest absolute Gasteiger partial charge is 0.413 e. The van der Waals surface area contributed by atoms with Crippen molar-refractivity contribution in [1.82, 2.24) is 24.8 Å². The highest BCUT2D eigenvalue weighted by molar-refractivity contribution is 5.97. The number of fused-ring (bicyclic) bond motifs is 2. The summed E-state index contributed by atoms with van der Waals surface area (Å²) in [5.41, 5.74) is 3.97.